The normalized spacial score (nSPS) is 22.4. The summed E-state index contributed by atoms with van der Waals surface area (Å²) in [6.45, 7) is 5.54. The van der Waals surface area contributed by atoms with E-state index in [9.17, 15) is 14.7 Å². The van der Waals surface area contributed by atoms with Crippen LogP contribution in [0.2, 0.25) is 0 Å². The van der Waals surface area contributed by atoms with Crippen LogP contribution in [-0.2, 0) is 26.3 Å². The second-order valence-electron chi connectivity index (χ2n) is 7.81. The lowest BCUT2D eigenvalue weighted by Gasteiger charge is -2.31. The number of ketones is 1. The Hall–Kier alpha value is -2.70. The van der Waals surface area contributed by atoms with Crippen LogP contribution in [0.1, 0.15) is 47.8 Å². The minimum Gasteiger partial charge on any atom is -0.488 e. The molecule has 0 radical (unpaired) electrons. The molecule has 1 N–H and O–H groups in total. The van der Waals surface area contributed by atoms with Crippen LogP contribution < -0.4 is 4.74 Å². The van der Waals surface area contributed by atoms with Crippen LogP contribution in [0.5, 0.6) is 5.75 Å². The first-order chi connectivity index (χ1) is 13.2. The van der Waals surface area contributed by atoms with Crippen LogP contribution >= 0.6 is 0 Å². The summed E-state index contributed by atoms with van der Waals surface area (Å²) in [4.78, 5) is 25.4. The van der Waals surface area contributed by atoms with E-state index in [-0.39, 0.29) is 19.0 Å². The number of benzene rings is 2. The Morgan fingerprint density at radius 3 is 2.61 bits per heavy atom. The average molecular weight is 382 g/mol. The van der Waals surface area contributed by atoms with Gasteiger partial charge in [-0.25, -0.2) is 0 Å². The third-order valence-corrected chi connectivity index (χ3v) is 5.57. The fourth-order valence-electron chi connectivity index (χ4n) is 3.74. The van der Waals surface area contributed by atoms with Crippen molar-refractivity contribution in [3.05, 3.63) is 64.7 Å². The number of hydrogen-bond acceptors (Lipinski definition) is 5. The molecule has 6 heteroatoms. The summed E-state index contributed by atoms with van der Waals surface area (Å²) in [6.07, 6.45) is -0.688. The molecule has 2 aromatic rings. The SMILES string of the molecule is CC1(C)OCC(C(C)(C(=O)O)c2ccc3c(c2)C(=O)c2ccccc2CO3)O1. The van der Waals surface area contributed by atoms with Crippen molar-refractivity contribution in [2.45, 2.75) is 44.7 Å². The van der Waals surface area contributed by atoms with Gasteiger partial charge in [0, 0.05) is 11.1 Å². The number of carboxylic acids is 1. The first kappa shape index (κ1) is 18.7. The molecule has 4 rings (SSSR count). The van der Waals surface area contributed by atoms with Gasteiger partial charge in [-0.3, -0.25) is 9.59 Å². The van der Waals surface area contributed by atoms with Crippen LogP contribution in [0.15, 0.2) is 42.5 Å². The van der Waals surface area contributed by atoms with E-state index in [4.69, 9.17) is 14.2 Å². The van der Waals surface area contributed by atoms with Gasteiger partial charge in [-0.05, 0) is 38.5 Å². The highest BCUT2D eigenvalue weighted by Crippen LogP contribution is 2.39. The van der Waals surface area contributed by atoms with Crippen LogP contribution in [0, 0.1) is 0 Å². The molecule has 0 aromatic heterocycles. The van der Waals surface area contributed by atoms with Gasteiger partial charge in [-0.15, -0.1) is 0 Å². The molecule has 2 aromatic carbocycles. The predicted molar refractivity (Wildman–Crippen MR) is 101 cm³/mol. The maximum Gasteiger partial charge on any atom is 0.316 e. The first-order valence-corrected chi connectivity index (χ1v) is 9.17. The molecule has 1 saturated heterocycles. The maximum atomic E-state index is 13.1. The monoisotopic (exact) mass is 382 g/mol. The summed E-state index contributed by atoms with van der Waals surface area (Å²) in [6, 6.07) is 12.2. The Morgan fingerprint density at radius 2 is 1.93 bits per heavy atom. The first-order valence-electron chi connectivity index (χ1n) is 9.17. The molecular formula is C22H22O6. The Kier molecular flexibility index (Phi) is 4.28. The van der Waals surface area contributed by atoms with Crippen LogP contribution in [-0.4, -0.2) is 35.4 Å². The minimum atomic E-state index is -1.38. The molecule has 28 heavy (non-hydrogen) atoms. The molecule has 0 spiro atoms. The van der Waals surface area contributed by atoms with E-state index in [0.717, 1.165) is 5.56 Å². The van der Waals surface area contributed by atoms with E-state index in [1.807, 2.05) is 12.1 Å². The number of carbonyl (C=O) groups is 2. The van der Waals surface area contributed by atoms with Gasteiger partial charge in [0.2, 0.25) is 0 Å². The van der Waals surface area contributed by atoms with Crippen molar-refractivity contribution in [3.8, 4) is 5.75 Å². The Morgan fingerprint density at radius 1 is 1.18 bits per heavy atom. The molecule has 2 aliphatic rings. The Balaban J connectivity index is 1.80. The molecule has 2 unspecified atom stereocenters. The van der Waals surface area contributed by atoms with Crippen LogP contribution in [0.25, 0.3) is 0 Å². The molecule has 1 fully saturated rings. The van der Waals surface area contributed by atoms with E-state index in [1.165, 1.54) is 0 Å². The second-order valence-corrected chi connectivity index (χ2v) is 7.81. The van der Waals surface area contributed by atoms with E-state index in [2.05, 4.69) is 0 Å². The minimum absolute atomic E-state index is 0.153. The smallest absolute Gasteiger partial charge is 0.316 e. The van der Waals surface area contributed by atoms with Crippen molar-refractivity contribution in [2.24, 2.45) is 0 Å². The highest BCUT2D eigenvalue weighted by Gasteiger charge is 2.50. The van der Waals surface area contributed by atoms with Crippen LogP contribution in [0.3, 0.4) is 0 Å². The van der Waals surface area contributed by atoms with Crippen molar-refractivity contribution in [1.29, 1.82) is 0 Å². The topological polar surface area (TPSA) is 82.1 Å². The molecule has 0 saturated carbocycles. The Labute approximate surface area is 163 Å². The standard InChI is InChI=1S/C22H22O6/c1-21(2)27-12-18(28-21)22(3,20(24)25)14-8-9-17-16(10-14)19(23)15-7-5-4-6-13(15)11-26-17/h4-10,18H,11-12H2,1-3H3,(H,24,25). The highest BCUT2D eigenvalue weighted by atomic mass is 16.7. The maximum absolute atomic E-state index is 13.1. The molecule has 0 bridgehead atoms. The quantitative estimate of drug-likeness (QED) is 0.877. The number of aliphatic carboxylic acids is 1. The molecular weight excluding hydrogens is 360 g/mol. The lowest BCUT2D eigenvalue weighted by atomic mass is 9.76. The van der Waals surface area contributed by atoms with Crippen LogP contribution in [0.4, 0.5) is 0 Å². The lowest BCUT2D eigenvalue weighted by molar-refractivity contribution is -0.162. The number of rotatable bonds is 3. The largest absolute Gasteiger partial charge is 0.488 e. The van der Waals surface area contributed by atoms with Gasteiger partial charge in [0.1, 0.15) is 23.9 Å². The zero-order chi connectivity index (χ0) is 20.1. The zero-order valence-electron chi connectivity index (χ0n) is 16.0. The van der Waals surface area contributed by atoms with Gasteiger partial charge < -0.3 is 19.3 Å². The molecule has 2 aliphatic heterocycles. The van der Waals surface area contributed by atoms with E-state index in [0.29, 0.717) is 22.4 Å². The third-order valence-electron chi connectivity index (χ3n) is 5.57. The fraction of sp³-hybridized carbons (Fsp3) is 0.364. The number of carboxylic acid groups (broad SMARTS) is 1. The van der Waals surface area contributed by atoms with Gasteiger partial charge in [0.15, 0.2) is 11.6 Å². The number of carbonyl (C=O) groups excluding carboxylic acids is 1. The second kappa shape index (κ2) is 6.43. The van der Waals surface area contributed by atoms with Crippen molar-refractivity contribution in [3.63, 3.8) is 0 Å². The van der Waals surface area contributed by atoms with E-state index < -0.39 is 23.3 Å². The summed E-state index contributed by atoms with van der Waals surface area (Å²) in [5.41, 5.74) is 0.821. The molecule has 2 atom stereocenters. The molecule has 2 heterocycles. The molecule has 0 amide bonds. The fourth-order valence-corrected chi connectivity index (χ4v) is 3.74. The van der Waals surface area contributed by atoms with Gasteiger partial charge in [0.05, 0.1) is 12.2 Å². The number of fused-ring (bicyclic) bond motifs is 2. The summed E-state index contributed by atoms with van der Waals surface area (Å²) < 4.78 is 17.3. The lowest BCUT2D eigenvalue weighted by Crippen LogP contribution is -2.46. The van der Waals surface area contributed by atoms with Gasteiger partial charge >= 0.3 is 5.97 Å². The molecule has 146 valence electrons. The van der Waals surface area contributed by atoms with Crippen molar-refractivity contribution >= 4 is 11.8 Å². The third kappa shape index (κ3) is 2.89. The predicted octanol–water partition coefficient (Wildman–Crippen LogP) is 3.30. The number of hydrogen-bond donors (Lipinski definition) is 1. The van der Waals surface area contributed by atoms with Crippen molar-refractivity contribution in [2.75, 3.05) is 6.61 Å². The summed E-state index contributed by atoms with van der Waals surface area (Å²) in [5, 5.41) is 10.0. The summed E-state index contributed by atoms with van der Waals surface area (Å²) >= 11 is 0. The van der Waals surface area contributed by atoms with E-state index >= 15 is 0 Å². The van der Waals surface area contributed by atoms with Gasteiger partial charge in [-0.1, -0.05) is 30.3 Å². The number of ether oxygens (including phenoxy) is 3. The molecule has 0 aliphatic carbocycles. The highest BCUT2D eigenvalue weighted by molar-refractivity contribution is 6.12. The summed E-state index contributed by atoms with van der Waals surface area (Å²) in [5.74, 6) is -1.63. The zero-order valence-corrected chi connectivity index (χ0v) is 16.0. The van der Waals surface area contributed by atoms with E-state index in [1.54, 1.807) is 51.1 Å². The van der Waals surface area contributed by atoms with Crippen molar-refractivity contribution < 1.29 is 28.9 Å². The average Bonchev–Trinajstić information content (AvgIpc) is 2.98. The molecule has 6 nitrogen and oxygen atoms in total. The van der Waals surface area contributed by atoms with Crippen molar-refractivity contribution in [1.82, 2.24) is 0 Å². The Bertz CT molecular complexity index is 963. The van der Waals surface area contributed by atoms with Gasteiger partial charge in [0.25, 0.3) is 0 Å². The summed E-state index contributed by atoms with van der Waals surface area (Å²) in [7, 11) is 0. The van der Waals surface area contributed by atoms with Gasteiger partial charge in [-0.2, -0.15) is 0 Å².